The highest BCUT2D eigenvalue weighted by Gasteiger charge is 2.34. The van der Waals surface area contributed by atoms with Gasteiger partial charge < -0.3 is 26.4 Å². The Balaban J connectivity index is 3.10. The van der Waals surface area contributed by atoms with Crippen LogP contribution in [0, 0.1) is 0 Å². The summed E-state index contributed by atoms with van der Waals surface area (Å²) in [6.07, 6.45) is 2.34. The maximum atomic E-state index is 10.7. The van der Waals surface area contributed by atoms with Crippen LogP contribution >= 0.6 is 0 Å². The van der Waals surface area contributed by atoms with Crippen LogP contribution < -0.4 is 11.1 Å². The van der Waals surface area contributed by atoms with Crippen LogP contribution in [0.2, 0.25) is 0 Å². The molecule has 0 bridgehead atoms. The fourth-order valence-corrected chi connectivity index (χ4v) is 0.942. The molecule has 1 heterocycles. The van der Waals surface area contributed by atoms with Gasteiger partial charge in [-0.25, -0.2) is 0 Å². The first kappa shape index (κ1) is 9.56. The molecule has 0 aliphatic carbocycles. The van der Waals surface area contributed by atoms with Gasteiger partial charge in [0, 0.05) is 6.20 Å². The van der Waals surface area contributed by atoms with Crippen LogP contribution in [0.25, 0.3) is 0 Å². The van der Waals surface area contributed by atoms with Gasteiger partial charge in [0.2, 0.25) is 0 Å². The monoisotopic (exact) mass is 186 g/mol. The second-order valence-electron chi connectivity index (χ2n) is 2.65. The minimum absolute atomic E-state index is 0.320. The van der Waals surface area contributed by atoms with Crippen molar-refractivity contribution in [3.63, 3.8) is 0 Å². The van der Waals surface area contributed by atoms with E-state index in [-0.39, 0.29) is 5.70 Å². The predicted molar refractivity (Wildman–Crippen MR) is 43.2 cm³/mol. The Labute approximate surface area is 74.0 Å². The maximum absolute atomic E-state index is 10.7. The quantitative estimate of drug-likeness (QED) is 0.345. The molecule has 0 aromatic rings. The molecule has 6 N–H and O–H groups in total. The Morgan fingerprint density at radius 2 is 2.31 bits per heavy atom. The van der Waals surface area contributed by atoms with Gasteiger partial charge in [-0.1, -0.05) is 0 Å². The zero-order valence-corrected chi connectivity index (χ0v) is 6.69. The Morgan fingerprint density at radius 3 is 2.77 bits per heavy atom. The van der Waals surface area contributed by atoms with E-state index in [2.05, 4.69) is 5.32 Å². The summed E-state index contributed by atoms with van der Waals surface area (Å²) >= 11 is 0. The van der Waals surface area contributed by atoms with Gasteiger partial charge in [-0.2, -0.15) is 0 Å². The van der Waals surface area contributed by atoms with E-state index in [0.717, 1.165) is 6.08 Å². The molecule has 13 heavy (non-hydrogen) atoms. The summed E-state index contributed by atoms with van der Waals surface area (Å²) in [6, 6.07) is 0. The number of nitrogens with two attached hydrogens (primary N) is 1. The fraction of sp³-hybridized carbons (Fsp3) is 0.286. The molecule has 0 saturated carbocycles. The molecule has 1 aliphatic heterocycles. The summed E-state index contributed by atoms with van der Waals surface area (Å²) in [7, 11) is 0. The summed E-state index contributed by atoms with van der Waals surface area (Å²) in [4.78, 5) is 10.7. The lowest BCUT2D eigenvalue weighted by Crippen LogP contribution is -2.41. The zero-order valence-electron chi connectivity index (χ0n) is 6.69. The molecule has 6 nitrogen and oxygen atoms in total. The van der Waals surface area contributed by atoms with E-state index in [0.29, 0.717) is 0 Å². The van der Waals surface area contributed by atoms with Crippen molar-refractivity contribution in [3.05, 3.63) is 23.7 Å². The van der Waals surface area contributed by atoms with Crippen LogP contribution in [0.5, 0.6) is 0 Å². The van der Waals surface area contributed by atoms with E-state index in [1.165, 1.54) is 6.20 Å². The van der Waals surface area contributed by atoms with E-state index >= 15 is 0 Å². The lowest BCUT2D eigenvalue weighted by Gasteiger charge is -2.26. The summed E-state index contributed by atoms with van der Waals surface area (Å²) in [5.74, 6) is -1.58. The van der Waals surface area contributed by atoms with Gasteiger partial charge in [-0.05, 0) is 6.08 Å². The average molecular weight is 186 g/mol. The van der Waals surface area contributed by atoms with Crippen LogP contribution in [-0.2, 0) is 4.79 Å². The van der Waals surface area contributed by atoms with Crippen molar-refractivity contribution in [2.75, 3.05) is 6.61 Å². The highest BCUT2D eigenvalue weighted by molar-refractivity contribution is 5.92. The van der Waals surface area contributed by atoms with Crippen molar-refractivity contribution in [2.24, 2.45) is 5.73 Å². The largest absolute Gasteiger partial charge is 0.507 e. The fourth-order valence-electron chi connectivity index (χ4n) is 0.942. The van der Waals surface area contributed by atoms with E-state index < -0.39 is 23.9 Å². The van der Waals surface area contributed by atoms with Crippen LogP contribution in [-0.4, -0.2) is 33.4 Å². The summed E-state index contributed by atoms with van der Waals surface area (Å²) < 4.78 is 0. The Morgan fingerprint density at radius 1 is 1.69 bits per heavy atom. The van der Waals surface area contributed by atoms with Gasteiger partial charge in [-0.3, -0.25) is 4.79 Å². The van der Waals surface area contributed by atoms with Crippen molar-refractivity contribution in [1.82, 2.24) is 5.32 Å². The molecule has 0 spiro atoms. The number of carbonyl (C=O) groups excluding carboxylic acids is 1. The van der Waals surface area contributed by atoms with E-state index in [1.54, 1.807) is 0 Å². The first-order valence-electron chi connectivity index (χ1n) is 3.52. The summed E-state index contributed by atoms with van der Waals surface area (Å²) in [5.41, 5.74) is 2.65. The van der Waals surface area contributed by atoms with Gasteiger partial charge >= 0.3 is 0 Å². The molecule has 1 aliphatic rings. The molecule has 0 radical (unpaired) electrons. The SMILES string of the molecule is NC(=O)C1=C(O)C(O)(CO)C=CN1. The van der Waals surface area contributed by atoms with Crippen LogP contribution in [0.1, 0.15) is 0 Å². The molecule has 1 atom stereocenters. The van der Waals surface area contributed by atoms with E-state index in [9.17, 15) is 15.0 Å². The highest BCUT2D eigenvalue weighted by Crippen LogP contribution is 2.21. The Kier molecular flexibility index (Phi) is 2.26. The number of amides is 1. The van der Waals surface area contributed by atoms with Crippen molar-refractivity contribution >= 4 is 5.91 Å². The first-order chi connectivity index (χ1) is 6.01. The van der Waals surface area contributed by atoms with Crippen LogP contribution in [0.3, 0.4) is 0 Å². The molecule has 0 saturated heterocycles. The smallest absolute Gasteiger partial charge is 0.268 e. The lowest BCUT2D eigenvalue weighted by molar-refractivity contribution is -0.115. The number of aliphatic hydroxyl groups excluding tert-OH is 2. The summed E-state index contributed by atoms with van der Waals surface area (Å²) in [6.45, 7) is -0.728. The molecule has 0 aromatic heterocycles. The number of hydrogen-bond acceptors (Lipinski definition) is 5. The van der Waals surface area contributed by atoms with Crippen molar-refractivity contribution < 1.29 is 20.1 Å². The number of primary amides is 1. The van der Waals surface area contributed by atoms with Crippen LogP contribution in [0.4, 0.5) is 0 Å². The maximum Gasteiger partial charge on any atom is 0.268 e. The van der Waals surface area contributed by atoms with Gasteiger partial charge in [-0.15, -0.1) is 0 Å². The van der Waals surface area contributed by atoms with E-state index in [4.69, 9.17) is 10.8 Å². The van der Waals surface area contributed by atoms with Gasteiger partial charge in [0.05, 0.1) is 6.61 Å². The number of dihydropyridines is 1. The standard InChI is InChI=1S/C7H10N2O4/c8-6(12)4-5(11)7(13,3-10)1-2-9-4/h1-2,9-11,13H,3H2,(H2,8,12). The van der Waals surface area contributed by atoms with Crippen molar-refractivity contribution in [1.29, 1.82) is 0 Å². The van der Waals surface area contributed by atoms with Gasteiger partial charge in [0.1, 0.15) is 5.70 Å². The molecule has 0 aromatic carbocycles. The minimum atomic E-state index is -1.92. The molecular weight excluding hydrogens is 176 g/mol. The zero-order chi connectivity index (χ0) is 10.1. The van der Waals surface area contributed by atoms with Gasteiger partial charge in [0.15, 0.2) is 11.4 Å². The molecule has 1 rings (SSSR count). The van der Waals surface area contributed by atoms with Crippen molar-refractivity contribution in [2.45, 2.75) is 5.60 Å². The molecule has 6 heteroatoms. The molecule has 72 valence electrons. The second-order valence-corrected chi connectivity index (χ2v) is 2.65. The Hall–Kier alpha value is -1.53. The number of aliphatic hydroxyl groups is 3. The number of carbonyl (C=O) groups is 1. The predicted octanol–water partition coefficient (Wildman–Crippen LogP) is -1.92. The average Bonchev–Trinajstić information content (AvgIpc) is 2.09. The molecular formula is C7H10N2O4. The minimum Gasteiger partial charge on any atom is -0.507 e. The first-order valence-corrected chi connectivity index (χ1v) is 3.52. The topological polar surface area (TPSA) is 116 Å². The normalized spacial score (nSPS) is 27.2. The number of rotatable bonds is 2. The second kappa shape index (κ2) is 3.08. The molecule has 1 unspecified atom stereocenters. The number of nitrogens with one attached hydrogen (secondary N) is 1. The van der Waals surface area contributed by atoms with E-state index in [1.807, 2.05) is 0 Å². The Bertz CT molecular complexity index is 297. The lowest BCUT2D eigenvalue weighted by atomic mass is 9.98. The third-order valence-corrected chi connectivity index (χ3v) is 1.72. The molecule has 1 amide bonds. The molecule has 0 fully saturated rings. The third kappa shape index (κ3) is 1.49. The van der Waals surface area contributed by atoms with Crippen molar-refractivity contribution in [3.8, 4) is 0 Å². The highest BCUT2D eigenvalue weighted by atomic mass is 16.4. The number of hydrogen-bond donors (Lipinski definition) is 5. The van der Waals surface area contributed by atoms with Gasteiger partial charge in [0.25, 0.3) is 5.91 Å². The van der Waals surface area contributed by atoms with Crippen LogP contribution in [0.15, 0.2) is 23.7 Å². The summed E-state index contributed by atoms with van der Waals surface area (Å²) in [5, 5.41) is 29.9. The third-order valence-electron chi connectivity index (χ3n) is 1.72.